The van der Waals surface area contributed by atoms with E-state index in [1.54, 1.807) is 0 Å². The molecule has 0 unspecified atom stereocenters. The molecule has 0 spiro atoms. The van der Waals surface area contributed by atoms with Crippen LogP contribution in [0.15, 0.2) is 24.3 Å². The normalized spacial score (nSPS) is 11.2. The van der Waals surface area contributed by atoms with Crippen LogP contribution in [0.25, 0.3) is 11.0 Å². The van der Waals surface area contributed by atoms with Gasteiger partial charge in [0.05, 0.1) is 17.6 Å². The molecule has 1 N–H and O–H groups in total. The van der Waals surface area contributed by atoms with Gasteiger partial charge in [0.1, 0.15) is 5.82 Å². The number of aromatic nitrogens is 2. The number of aliphatic hydroxyl groups excluding tert-OH is 1. The number of imidazole rings is 1. The van der Waals surface area contributed by atoms with E-state index in [4.69, 9.17) is 5.11 Å². The number of aryl methyl sites for hydroxylation is 1. The van der Waals surface area contributed by atoms with Crippen LogP contribution in [0.4, 0.5) is 0 Å². The SMILES string of the molecule is CCCCCn1c(CCO)nc2ccccc21. The second kappa shape index (κ2) is 5.82. The van der Waals surface area contributed by atoms with E-state index in [2.05, 4.69) is 22.5 Å². The number of aliphatic hydroxyl groups is 1. The molecule has 0 fully saturated rings. The molecule has 2 aromatic rings. The number of unbranched alkanes of at least 4 members (excludes halogenated alkanes) is 2. The third-order valence-electron chi connectivity index (χ3n) is 3.05. The van der Waals surface area contributed by atoms with Crippen molar-refractivity contribution < 1.29 is 5.11 Å². The first-order valence-corrected chi connectivity index (χ1v) is 6.41. The van der Waals surface area contributed by atoms with E-state index >= 15 is 0 Å². The fraction of sp³-hybridized carbons (Fsp3) is 0.500. The Labute approximate surface area is 102 Å². The van der Waals surface area contributed by atoms with E-state index in [9.17, 15) is 0 Å². The van der Waals surface area contributed by atoms with Crippen LogP contribution in [-0.2, 0) is 13.0 Å². The molecule has 1 aromatic heterocycles. The lowest BCUT2D eigenvalue weighted by Gasteiger charge is -2.07. The average Bonchev–Trinajstić information content (AvgIpc) is 2.69. The minimum absolute atomic E-state index is 0.164. The van der Waals surface area contributed by atoms with Gasteiger partial charge in [0.25, 0.3) is 0 Å². The molecule has 3 nitrogen and oxygen atoms in total. The van der Waals surface area contributed by atoms with Gasteiger partial charge < -0.3 is 9.67 Å². The second-order valence-corrected chi connectivity index (χ2v) is 4.35. The molecule has 0 amide bonds. The van der Waals surface area contributed by atoms with Gasteiger partial charge in [-0.3, -0.25) is 0 Å². The summed E-state index contributed by atoms with van der Waals surface area (Å²) in [4.78, 5) is 4.58. The van der Waals surface area contributed by atoms with Crippen molar-refractivity contribution in [3.05, 3.63) is 30.1 Å². The molecule has 1 heterocycles. The molecule has 2 rings (SSSR count). The van der Waals surface area contributed by atoms with Crippen LogP contribution in [0.3, 0.4) is 0 Å². The molecule has 3 heteroatoms. The molecule has 0 aliphatic carbocycles. The fourth-order valence-corrected chi connectivity index (χ4v) is 2.19. The number of benzene rings is 1. The summed E-state index contributed by atoms with van der Waals surface area (Å²) in [5.41, 5.74) is 2.22. The third-order valence-corrected chi connectivity index (χ3v) is 3.05. The van der Waals surface area contributed by atoms with Crippen molar-refractivity contribution >= 4 is 11.0 Å². The van der Waals surface area contributed by atoms with E-state index < -0.39 is 0 Å². The van der Waals surface area contributed by atoms with Gasteiger partial charge in [-0.2, -0.15) is 0 Å². The molecular formula is C14H20N2O. The van der Waals surface area contributed by atoms with Crippen molar-refractivity contribution in [1.82, 2.24) is 9.55 Å². The maximum Gasteiger partial charge on any atom is 0.112 e. The molecule has 0 atom stereocenters. The van der Waals surface area contributed by atoms with Crippen LogP contribution in [0.5, 0.6) is 0 Å². The highest BCUT2D eigenvalue weighted by Gasteiger charge is 2.08. The summed E-state index contributed by atoms with van der Waals surface area (Å²) in [6, 6.07) is 8.19. The Morgan fingerprint density at radius 3 is 2.82 bits per heavy atom. The van der Waals surface area contributed by atoms with Gasteiger partial charge in [-0.05, 0) is 18.6 Å². The summed E-state index contributed by atoms with van der Waals surface area (Å²) in [7, 11) is 0. The number of fused-ring (bicyclic) bond motifs is 1. The zero-order valence-corrected chi connectivity index (χ0v) is 10.4. The van der Waals surface area contributed by atoms with Crippen LogP contribution < -0.4 is 0 Å². The van der Waals surface area contributed by atoms with Gasteiger partial charge in [0.2, 0.25) is 0 Å². The van der Waals surface area contributed by atoms with Crippen molar-refractivity contribution in [3.63, 3.8) is 0 Å². The number of para-hydroxylation sites is 2. The van der Waals surface area contributed by atoms with E-state index in [-0.39, 0.29) is 6.61 Å². The zero-order chi connectivity index (χ0) is 12.1. The fourth-order valence-electron chi connectivity index (χ4n) is 2.19. The average molecular weight is 232 g/mol. The highest BCUT2D eigenvalue weighted by Crippen LogP contribution is 2.17. The molecule has 92 valence electrons. The lowest BCUT2D eigenvalue weighted by atomic mass is 10.2. The first kappa shape index (κ1) is 12.1. The van der Waals surface area contributed by atoms with Crippen LogP contribution in [0, 0.1) is 0 Å². The largest absolute Gasteiger partial charge is 0.396 e. The van der Waals surface area contributed by atoms with Gasteiger partial charge in [-0.15, -0.1) is 0 Å². The highest BCUT2D eigenvalue weighted by atomic mass is 16.3. The van der Waals surface area contributed by atoms with Gasteiger partial charge in [0.15, 0.2) is 0 Å². The Morgan fingerprint density at radius 1 is 1.24 bits per heavy atom. The van der Waals surface area contributed by atoms with Gasteiger partial charge >= 0.3 is 0 Å². The Morgan fingerprint density at radius 2 is 2.06 bits per heavy atom. The minimum atomic E-state index is 0.164. The monoisotopic (exact) mass is 232 g/mol. The molecule has 1 aromatic carbocycles. The maximum absolute atomic E-state index is 9.09. The quantitative estimate of drug-likeness (QED) is 0.778. The predicted molar refractivity (Wildman–Crippen MR) is 70.0 cm³/mol. The summed E-state index contributed by atoms with van der Waals surface area (Å²) in [6.07, 6.45) is 4.28. The molecule has 0 aliphatic heterocycles. The summed E-state index contributed by atoms with van der Waals surface area (Å²) < 4.78 is 2.25. The molecule has 0 bridgehead atoms. The molecule has 0 saturated carbocycles. The first-order valence-electron chi connectivity index (χ1n) is 6.41. The number of rotatable bonds is 6. The smallest absolute Gasteiger partial charge is 0.112 e. The van der Waals surface area contributed by atoms with Crippen molar-refractivity contribution in [2.75, 3.05) is 6.61 Å². The Bertz CT molecular complexity index is 476. The number of hydrogen-bond donors (Lipinski definition) is 1. The van der Waals surface area contributed by atoms with Gasteiger partial charge in [-0.1, -0.05) is 31.9 Å². The standard InChI is InChI=1S/C14H20N2O/c1-2-3-6-10-16-13-8-5-4-7-12(13)15-14(16)9-11-17/h4-5,7-8,17H,2-3,6,9-11H2,1H3. The van der Waals surface area contributed by atoms with E-state index in [1.165, 1.54) is 24.8 Å². The van der Waals surface area contributed by atoms with Gasteiger partial charge in [-0.25, -0.2) is 4.98 Å². The Balaban J connectivity index is 2.30. The summed E-state index contributed by atoms with van der Waals surface area (Å²) in [6.45, 7) is 3.38. The number of hydrogen-bond acceptors (Lipinski definition) is 2. The number of nitrogens with zero attached hydrogens (tertiary/aromatic N) is 2. The summed E-state index contributed by atoms with van der Waals surface area (Å²) in [5, 5.41) is 9.09. The van der Waals surface area contributed by atoms with E-state index in [1.807, 2.05) is 18.2 Å². The molecular weight excluding hydrogens is 212 g/mol. The third kappa shape index (κ3) is 2.67. The van der Waals surface area contributed by atoms with Crippen LogP contribution in [-0.4, -0.2) is 21.3 Å². The topological polar surface area (TPSA) is 38.0 Å². The molecule has 0 radical (unpaired) electrons. The van der Waals surface area contributed by atoms with Crippen LogP contribution in [0.2, 0.25) is 0 Å². The van der Waals surface area contributed by atoms with Crippen LogP contribution in [0.1, 0.15) is 32.0 Å². The van der Waals surface area contributed by atoms with Gasteiger partial charge in [0, 0.05) is 13.0 Å². The van der Waals surface area contributed by atoms with Crippen molar-refractivity contribution in [1.29, 1.82) is 0 Å². The molecule has 17 heavy (non-hydrogen) atoms. The molecule has 0 aliphatic rings. The Kier molecular flexibility index (Phi) is 4.15. The predicted octanol–water partition coefficient (Wildman–Crippen LogP) is 2.76. The Hall–Kier alpha value is -1.35. The van der Waals surface area contributed by atoms with Crippen molar-refractivity contribution in [3.8, 4) is 0 Å². The minimum Gasteiger partial charge on any atom is -0.396 e. The van der Waals surface area contributed by atoms with Crippen molar-refractivity contribution in [2.24, 2.45) is 0 Å². The van der Waals surface area contributed by atoms with E-state index in [0.717, 1.165) is 17.9 Å². The van der Waals surface area contributed by atoms with Crippen LogP contribution >= 0.6 is 0 Å². The van der Waals surface area contributed by atoms with E-state index in [0.29, 0.717) is 6.42 Å². The summed E-state index contributed by atoms with van der Waals surface area (Å²) >= 11 is 0. The maximum atomic E-state index is 9.09. The second-order valence-electron chi connectivity index (χ2n) is 4.35. The lowest BCUT2D eigenvalue weighted by Crippen LogP contribution is -2.06. The lowest BCUT2D eigenvalue weighted by molar-refractivity contribution is 0.294. The zero-order valence-electron chi connectivity index (χ0n) is 10.4. The highest BCUT2D eigenvalue weighted by molar-refractivity contribution is 5.75. The van der Waals surface area contributed by atoms with Crippen molar-refractivity contribution in [2.45, 2.75) is 39.2 Å². The first-order chi connectivity index (χ1) is 8.36. The summed E-state index contributed by atoms with van der Waals surface area (Å²) in [5.74, 6) is 1.00. The molecule has 0 saturated heterocycles.